The van der Waals surface area contributed by atoms with Crippen LogP contribution in [0.15, 0.2) is 57.8 Å². The number of benzene rings is 2. The van der Waals surface area contributed by atoms with Crippen LogP contribution in [-0.2, 0) is 4.79 Å². The zero-order valence-electron chi connectivity index (χ0n) is 13.6. The van der Waals surface area contributed by atoms with Crippen molar-refractivity contribution >= 4 is 52.1 Å². The van der Waals surface area contributed by atoms with E-state index in [4.69, 9.17) is 28.9 Å². The molecule has 9 heteroatoms. The molecule has 2 aromatic rings. The smallest absolute Gasteiger partial charge is 0.280 e. The van der Waals surface area contributed by atoms with E-state index < -0.39 is 17.9 Å². The van der Waals surface area contributed by atoms with Crippen molar-refractivity contribution in [1.29, 1.82) is 0 Å². The molecule has 0 saturated heterocycles. The number of rotatable bonds is 4. The quantitative estimate of drug-likeness (QED) is 0.799. The minimum Gasteiger partial charge on any atom is -0.366 e. The van der Waals surface area contributed by atoms with Crippen LogP contribution >= 0.6 is 23.2 Å². The van der Waals surface area contributed by atoms with Gasteiger partial charge in [0, 0.05) is 10.6 Å². The summed E-state index contributed by atoms with van der Waals surface area (Å²) in [5.74, 6) is -0.972. The number of primary amides is 1. The lowest BCUT2D eigenvalue weighted by Gasteiger charge is -2.14. The van der Waals surface area contributed by atoms with Crippen LogP contribution in [0.4, 0.5) is 11.4 Å². The average molecular weight is 390 g/mol. The molecular formula is C17H13Cl2N5O2. The fourth-order valence-corrected chi connectivity index (χ4v) is 2.72. The second kappa shape index (κ2) is 7.23. The van der Waals surface area contributed by atoms with E-state index in [0.717, 1.165) is 5.01 Å². The minimum atomic E-state index is -0.887. The second-order valence-corrected chi connectivity index (χ2v) is 6.36. The van der Waals surface area contributed by atoms with Gasteiger partial charge in [-0.15, -0.1) is 0 Å². The van der Waals surface area contributed by atoms with E-state index in [9.17, 15) is 9.59 Å². The van der Waals surface area contributed by atoms with Gasteiger partial charge in [0.1, 0.15) is 0 Å². The summed E-state index contributed by atoms with van der Waals surface area (Å²) in [5.41, 5.74) is 6.78. The van der Waals surface area contributed by atoms with Crippen molar-refractivity contribution in [1.82, 2.24) is 0 Å². The number of nitrogens with two attached hydrogens (primary N) is 1. The molecule has 1 atom stereocenters. The zero-order chi connectivity index (χ0) is 18.8. The second-order valence-electron chi connectivity index (χ2n) is 5.52. The van der Waals surface area contributed by atoms with E-state index >= 15 is 0 Å². The molecular weight excluding hydrogens is 377 g/mol. The summed E-state index contributed by atoms with van der Waals surface area (Å²) in [4.78, 5) is 23.9. The lowest BCUT2D eigenvalue weighted by molar-refractivity contribution is -0.117. The molecule has 0 aliphatic carbocycles. The summed E-state index contributed by atoms with van der Waals surface area (Å²) in [6.07, 6.45) is 0. The molecule has 0 radical (unpaired) electrons. The maximum Gasteiger partial charge on any atom is 0.280 e. The van der Waals surface area contributed by atoms with Gasteiger partial charge in [-0.1, -0.05) is 29.3 Å². The molecule has 2 amide bonds. The standard InChI is InChI=1S/C17H13Cl2N5O2/c1-9-15(22-21-12-4-2-3-10(7-12)16(20)25)17(26)24(23-9)14-8-11(18)5-6-13(14)19/h2-8,15H,1H3,(H2,20,25). The van der Waals surface area contributed by atoms with Gasteiger partial charge in [0.25, 0.3) is 5.91 Å². The molecule has 0 bridgehead atoms. The van der Waals surface area contributed by atoms with Gasteiger partial charge in [0.2, 0.25) is 5.91 Å². The summed E-state index contributed by atoms with van der Waals surface area (Å²) in [6.45, 7) is 1.67. The van der Waals surface area contributed by atoms with Gasteiger partial charge in [-0.25, -0.2) is 0 Å². The van der Waals surface area contributed by atoms with Gasteiger partial charge >= 0.3 is 0 Å². The first-order valence-electron chi connectivity index (χ1n) is 7.51. The summed E-state index contributed by atoms with van der Waals surface area (Å²) in [6, 6.07) is 10.2. The maximum absolute atomic E-state index is 12.7. The Bertz CT molecular complexity index is 958. The molecule has 1 heterocycles. The Kier molecular flexibility index (Phi) is 5.01. The van der Waals surface area contributed by atoms with E-state index in [0.29, 0.717) is 32.7 Å². The number of amides is 2. The molecule has 0 fully saturated rings. The SMILES string of the molecule is CC1=NN(c2cc(Cl)ccc2Cl)C(=O)C1N=Nc1cccc(C(N)=O)c1. The van der Waals surface area contributed by atoms with Crippen LogP contribution in [0.5, 0.6) is 0 Å². The number of azo groups is 1. The Morgan fingerprint density at radius 3 is 2.73 bits per heavy atom. The molecule has 0 spiro atoms. The van der Waals surface area contributed by atoms with Gasteiger partial charge < -0.3 is 5.73 Å². The highest BCUT2D eigenvalue weighted by atomic mass is 35.5. The number of halogens is 2. The van der Waals surface area contributed by atoms with E-state index in [1.807, 2.05) is 0 Å². The van der Waals surface area contributed by atoms with Crippen molar-refractivity contribution in [2.24, 2.45) is 21.1 Å². The lowest BCUT2D eigenvalue weighted by atomic mass is 10.2. The van der Waals surface area contributed by atoms with Crippen LogP contribution in [0.1, 0.15) is 17.3 Å². The minimum absolute atomic E-state index is 0.303. The average Bonchev–Trinajstić information content (AvgIpc) is 2.89. The Hall–Kier alpha value is -2.77. The van der Waals surface area contributed by atoms with Crippen LogP contribution in [0.2, 0.25) is 10.0 Å². The van der Waals surface area contributed by atoms with E-state index in [1.54, 1.807) is 43.3 Å². The Labute approximate surface area is 159 Å². The molecule has 0 aromatic heterocycles. The largest absolute Gasteiger partial charge is 0.366 e. The highest BCUT2D eigenvalue weighted by Gasteiger charge is 2.35. The molecule has 3 rings (SSSR count). The molecule has 26 heavy (non-hydrogen) atoms. The number of hydrogen-bond acceptors (Lipinski definition) is 5. The monoisotopic (exact) mass is 389 g/mol. The Balaban J connectivity index is 1.85. The highest BCUT2D eigenvalue weighted by molar-refractivity contribution is 6.36. The number of hydrogen-bond donors (Lipinski definition) is 1. The van der Waals surface area contributed by atoms with Crippen LogP contribution in [0.3, 0.4) is 0 Å². The summed E-state index contributed by atoms with van der Waals surface area (Å²) in [5, 5.41) is 14.2. The molecule has 2 N–H and O–H groups in total. The van der Waals surface area contributed by atoms with E-state index in [-0.39, 0.29) is 0 Å². The Morgan fingerprint density at radius 2 is 2.00 bits per heavy atom. The molecule has 7 nitrogen and oxygen atoms in total. The predicted molar refractivity (Wildman–Crippen MR) is 100 cm³/mol. The first kappa shape index (κ1) is 18.0. The highest BCUT2D eigenvalue weighted by Crippen LogP contribution is 2.32. The third-order valence-electron chi connectivity index (χ3n) is 3.65. The topological polar surface area (TPSA) is 100 Å². The number of carbonyl (C=O) groups is 2. The fourth-order valence-electron chi connectivity index (χ4n) is 2.36. The van der Waals surface area contributed by atoms with Gasteiger partial charge in [0.05, 0.1) is 22.1 Å². The molecule has 1 unspecified atom stereocenters. The number of carbonyl (C=O) groups excluding carboxylic acids is 2. The molecule has 1 aliphatic rings. The fraction of sp³-hybridized carbons (Fsp3) is 0.118. The van der Waals surface area contributed by atoms with Crippen LogP contribution < -0.4 is 10.7 Å². The van der Waals surface area contributed by atoms with E-state index in [1.165, 1.54) is 6.07 Å². The molecule has 0 saturated carbocycles. The van der Waals surface area contributed by atoms with Crippen molar-refractivity contribution < 1.29 is 9.59 Å². The van der Waals surface area contributed by atoms with Crippen molar-refractivity contribution in [3.8, 4) is 0 Å². The van der Waals surface area contributed by atoms with Crippen LogP contribution in [0, 0.1) is 0 Å². The molecule has 1 aliphatic heterocycles. The first-order chi connectivity index (χ1) is 12.4. The lowest BCUT2D eigenvalue weighted by Crippen LogP contribution is -2.29. The normalized spacial score (nSPS) is 17.0. The van der Waals surface area contributed by atoms with Crippen LogP contribution in [0.25, 0.3) is 0 Å². The summed E-state index contributed by atoms with van der Waals surface area (Å²) >= 11 is 12.1. The van der Waals surface area contributed by atoms with Gasteiger partial charge in [0.15, 0.2) is 6.04 Å². The van der Waals surface area contributed by atoms with Crippen molar-refractivity contribution in [3.63, 3.8) is 0 Å². The third-order valence-corrected chi connectivity index (χ3v) is 4.21. The summed E-state index contributed by atoms with van der Waals surface area (Å²) in [7, 11) is 0. The van der Waals surface area contributed by atoms with Gasteiger partial charge in [-0.05, 0) is 43.3 Å². The number of nitrogens with zero attached hydrogens (tertiary/aromatic N) is 4. The number of hydrazone groups is 1. The third kappa shape index (κ3) is 3.58. The predicted octanol–water partition coefficient (Wildman–Crippen LogP) is 3.97. The molecule has 2 aromatic carbocycles. The van der Waals surface area contributed by atoms with Crippen molar-refractivity contribution in [2.45, 2.75) is 13.0 Å². The maximum atomic E-state index is 12.7. The van der Waals surface area contributed by atoms with Crippen molar-refractivity contribution in [3.05, 3.63) is 58.1 Å². The first-order valence-corrected chi connectivity index (χ1v) is 8.27. The van der Waals surface area contributed by atoms with Gasteiger partial charge in [-0.3, -0.25) is 9.59 Å². The number of anilines is 1. The van der Waals surface area contributed by atoms with Crippen molar-refractivity contribution in [2.75, 3.05) is 5.01 Å². The summed E-state index contributed by atoms with van der Waals surface area (Å²) < 4.78 is 0. The van der Waals surface area contributed by atoms with Gasteiger partial charge in [-0.2, -0.15) is 20.3 Å². The molecule has 132 valence electrons. The Morgan fingerprint density at radius 1 is 1.23 bits per heavy atom. The van der Waals surface area contributed by atoms with E-state index in [2.05, 4.69) is 15.3 Å². The van der Waals surface area contributed by atoms with Crippen LogP contribution in [-0.4, -0.2) is 23.6 Å². The zero-order valence-corrected chi connectivity index (χ0v) is 15.1.